The molecule has 0 spiro atoms. The van der Waals surface area contributed by atoms with E-state index in [1.54, 1.807) is 23.7 Å². The number of fused-ring (bicyclic) bond motifs is 1. The zero-order valence-corrected chi connectivity index (χ0v) is 16.6. The van der Waals surface area contributed by atoms with Crippen molar-refractivity contribution in [2.45, 2.75) is 23.2 Å². The number of hydrogen-bond donors (Lipinski definition) is 1. The van der Waals surface area contributed by atoms with Gasteiger partial charge in [0.05, 0.1) is 5.56 Å². The molecule has 0 saturated heterocycles. The third-order valence-electron chi connectivity index (χ3n) is 4.94. The molecule has 5 nitrogen and oxygen atoms in total. The highest BCUT2D eigenvalue weighted by Crippen LogP contribution is 2.37. The third-order valence-corrected chi connectivity index (χ3v) is 6.04. The average molecular weight is 431 g/mol. The van der Waals surface area contributed by atoms with E-state index >= 15 is 0 Å². The maximum Gasteiger partial charge on any atom is 0.279 e. The van der Waals surface area contributed by atoms with Crippen LogP contribution in [0.25, 0.3) is 0 Å². The summed E-state index contributed by atoms with van der Waals surface area (Å²) in [5.74, 6) is -3.19. The third kappa shape index (κ3) is 3.72. The number of rotatable bonds is 4. The lowest BCUT2D eigenvalue weighted by Gasteiger charge is -2.27. The van der Waals surface area contributed by atoms with Crippen molar-refractivity contribution in [3.05, 3.63) is 87.0 Å². The lowest BCUT2D eigenvalue weighted by atomic mass is 9.86. The van der Waals surface area contributed by atoms with Gasteiger partial charge in [0.2, 0.25) is 5.91 Å². The fraction of sp³-hybridized carbons (Fsp3) is 0.190. The van der Waals surface area contributed by atoms with Crippen LogP contribution in [-0.4, -0.2) is 15.5 Å². The van der Waals surface area contributed by atoms with Gasteiger partial charge >= 0.3 is 0 Å². The van der Waals surface area contributed by atoms with E-state index in [1.807, 2.05) is 0 Å². The highest BCUT2D eigenvalue weighted by Gasteiger charge is 2.34. The molecule has 0 saturated carbocycles. The van der Waals surface area contributed by atoms with Crippen molar-refractivity contribution in [2.75, 3.05) is 5.32 Å². The van der Waals surface area contributed by atoms with Crippen LogP contribution in [0.1, 0.15) is 29.0 Å². The molecule has 1 N–H and O–H groups in total. The largest absolute Gasteiger partial charge is 0.312 e. The average Bonchev–Trinajstić information content (AvgIpc) is 2.72. The second-order valence-corrected chi connectivity index (χ2v) is 7.83. The monoisotopic (exact) mass is 431 g/mol. The number of carbonyl (C=O) groups is 1. The quantitative estimate of drug-likeness (QED) is 0.502. The number of hydrogen-bond acceptors (Lipinski definition) is 4. The molecular formula is C21H16F3N3O2S. The van der Waals surface area contributed by atoms with Crippen LogP contribution in [0.2, 0.25) is 0 Å². The molecule has 1 aliphatic rings. The van der Waals surface area contributed by atoms with Gasteiger partial charge in [-0.15, -0.1) is 0 Å². The normalized spacial score (nSPS) is 15.6. The van der Waals surface area contributed by atoms with E-state index in [0.29, 0.717) is 10.9 Å². The molecule has 0 radical (unpaired) electrons. The van der Waals surface area contributed by atoms with Gasteiger partial charge in [-0.25, -0.2) is 13.2 Å². The lowest BCUT2D eigenvalue weighted by Crippen LogP contribution is -2.34. The van der Waals surface area contributed by atoms with Gasteiger partial charge in [0.15, 0.2) is 16.8 Å². The SMILES string of the molecule is Cn1c(SCc2ccc(F)cc2)nc(=O)c2c1NC(=O)C[C@H]2c1cccc(F)c1F. The maximum atomic E-state index is 14.4. The van der Waals surface area contributed by atoms with Crippen molar-refractivity contribution >= 4 is 23.5 Å². The first-order chi connectivity index (χ1) is 14.3. The number of halogens is 3. The molecule has 1 aliphatic heterocycles. The molecule has 1 amide bonds. The summed E-state index contributed by atoms with van der Waals surface area (Å²) in [6, 6.07) is 9.62. The first kappa shape index (κ1) is 20.2. The van der Waals surface area contributed by atoms with E-state index in [-0.39, 0.29) is 29.2 Å². The smallest absolute Gasteiger partial charge is 0.279 e. The van der Waals surface area contributed by atoms with Gasteiger partial charge in [-0.3, -0.25) is 9.59 Å². The number of aromatic nitrogens is 2. The Kier molecular flexibility index (Phi) is 5.38. The van der Waals surface area contributed by atoms with E-state index in [2.05, 4.69) is 10.3 Å². The molecule has 2 aromatic carbocycles. The number of carbonyl (C=O) groups excluding carboxylic acids is 1. The highest BCUT2D eigenvalue weighted by atomic mass is 32.2. The molecular weight excluding hydrogens is 415 g/mol. The van der Waals surface area contributed by atoms with Gasteiger partial charge in [-0.1, -0.05) is 36.0 Å². The Morgan fingerprint density at radius 3 is 2.60 bits per heavy atom. The van der Waals surface area contributed by atoms with Crippen molar-refractivity contribution in [2.24, 2.45) is 7.05 Å². The number of nitrogens with one attached hydrogen (secondary N) is 1. The Morgan fingerprint density at radius 1 is 1.13 bits per heavy atom. The van der Waals surface area contributed by atoms with Crippen molar-refractivity contribution in [1.82, 2.24) is 9.55 Å². The Morgan fingerprint density at radius 2 is 1.87 bits per heavy atom. The van der Waals surface area contributed by atoms with Gasteiger partial charge in [-0.2, -0.15) is 4.98 Å². The number of nitrogens with zero attached hydrogens (tertiary/aromatic N) is 2. The molecule has 3 aromatic rings. The molecule has 0 fully saturated rings. The van der Waals surface area contributed by atoms with Gasteiger partial charge in [-0.05, 0) is 29.3 Å². The summed E-state index contributed by atoms with van der Waals surface area (Å²) < 4.78 is 42.7. The van der Waals surface area contributed by atoms with Crippen LogP contribution in [-0.2, 0) is 17.6 Å². The molecule has 154 valence electrons. The molecule has 9 heteroatoms. The Bertz CT molecular complexity index is 1200. The van der Waals surface area contributed by atoms with E-state index in [4.69, 9.17) is 0 Å². The van der Waals surface area contributed by atoms with Gasteiger partial charge in [0, 0.05) is 25.1 Å². The van der Waals surface area contributed by atoms with Crippen molar-refractivity contribution in [3.8, 4) is 0 Å². The number of amides is 1. The number of thioether (sulfide) groups is 1. The maximum absolute atomic E-state index is 14.4. The van der Waals surface area contributed by atoms with Gasteiger partial charge in [0.1, 0.15) is 11.6 Å². The Hall–Kier alpha value is -3.07. The van der Waals surface area contributed by atoms with E-state index in [9.17, 15) is 22.8 Å². The van der Waals surface area contributed by atoms with E-state index < -0.39 is 29.0 Å². The van der Waals surface area contributed by atoms with Crippen LogP contribution in [0.15, 0.2) is 52.4 Å². The first-order valence-electron chi connectivity index (χ1n) is 9.07. The topological polar surface area (TPSA) is 64.0 Å². The molecule has 30 heavy (non-hydrogen) atoms. The predicted molar refractivity (Wildman–Crippen MR) is 107 cm³/mol. The van der Waals surface area contributed by atoms with E-state index in [0.717, 1.165) is 11.6 Å². The number of benzene rings is 2. The summed E-state index contributed by atoms with van der Waals surface area (Å²) in [5, 5.41) is 2.99. The van der Waals surface area contributed by atoms with Crippen molar-refractivity contribution < 1.29 is 18.0 Å². The highest BCUT2D eigenvalue weighted by molar-refractivity contribution is 7.98. The summed E-state index contributed by atoms with van der Waals surface area (Å²) in [6.07, 6.45) is -0.188. The molecule has 4 rings (SSSR count). The van der Waals surface area contributed by atoms with E-state index in [1.165, 1.54) is 36.0 Å². The minimum atomic E-state index is -1.08. The molecule has 0 bridgehead atoms. The molecule has 1 aromatic heterocycles. The molecule has 2 heterocycles. The molecule has 0 unspecified atom stereocenters. The zero-order valence-electron chi connectivity index (χ0n) is 15.8. The second kappa shape index (κ2) is 7.98. The van der Waals surface area contributed by atoms with Crippen molar-refractivity contribution in [1.29, 1.82) is 0 Å². The van der Waals surface area contributed by atoms with Crippen LogP contribution in [0.4, 0.5) is 19.0 Å². The standard InChI is InChI=1S/C21H16F3N3O2S/c1-27-19-17(14(9-16(28)25-19)13-3-2-4-15(23)18(13)24)20(29)26-21(27)30-10-11-5-7-12(22)8-6-11/h2-8,14H,9-10H2,1H3,(H,25,28)/t14-/m0/s1. The fourth-order valence-corrected chi connectivity index (χ4v) is 4.37. The fourth-order valence-electron chi connectivity index (χ4n) is 3.45. The van der Waals surface area contributed by atoms with Crippen LogP contribution in [0.5, 0.6) is 0 Å². The number of anilines is 1. The summed E-state index contributed by atoms with van der Waals surface area (Å²) in [5.41, 5.74) is 0.278. The molecule has 0 aliphatic carbocycles. The predicted octanol–water partition coefficient (Wildman–Crippen LogP) is 3.96. The van der Waals surface area contributed by atoms with Crippen LogP contribution >= 0.6 is 11.8 Å². The summed E-state index contributed by atoms with van der Waals surface area (Å²) >= 11 is 1.24. The lowest BCUT2D eigenvalue weighted by molar-refractivity contribution is -0.116. The zero-order chi connectivity index (χ0) is 21.4. The second-order valence-electron chi connectivity index (χ2n) is 6.88. The Balaban J connectivity index is 1.74. The first-order valence-corrected chi connectivity index (χ1v) is 10.1. The van der Waals surface area contributed by atoms with Crippen LogP contribution in [0, 0.1) is 17.5 Å². The Labute approximate surface area is 174 Å². The van der Waals surface area contributed by atoms with Gasteiger partial charge < -0.3 is 9.88 Å². The molecule has 1 atom stereocenters. The van der Waals surface area contributed by atoms with Crippen LogP contribution < -0.4 is 10.9 Å². The van der Waals surface area contributed by atoms with Crippen molar-refractivity contribution in [3.63, 3.8) is 0 Å². The summed E-state index contributed by atoms with van der Waals surface area (Å²) in [7, 11) is 1.63. The minimum absolute atomic E-state index is 0.0586. The summed E-state index contributed by atoms with van der Waals surface area (Å²) in [4.78, 5) is 29.2. The van der Waals surface area contributed by atoms with Gasteiger partial charge in [0.25, 0.3) is 5.56 Å². The van der Waals surface area contributed by atoms with Crippen LogP contribution in [0.3, 0.4) is 0 Å². The summed E-state index contributed by atoms with van der Waals surface area (Å²) in [6.45, 7) is 0. The minimum Gasteiger partial charge on any atom is -0.312 e.